The molecule has 0 saturated carbocycles. The fourth-order valence-corrected chi connectivity index (χ4v) is 1.40. The predicted molar refractivity (Wildman–Crippen MR) is 59.6 cm³/mol. The monoisotopic (exact) mass is 229 g/mol. The summed E-state index contributed by atoms with van der Waals surface area (Å²) in [4.78, 5) is 15.4. The molecule has 0 unspecified atom stereocenters. The molecule has 4 nitrogen and oxygen atoms in total. The molecular formula is C10H16ClN3O. The summed E-state index contributed by atoms with van der Waals surface area (Å²) in [5.41, 5.74) is 0. The van der Waals surface area contributed by atoms with Crippen LogP contribution in [0, 0.1) is 0 Å². The summed E-state index contributed by atoms with van der Waals surface area (Å²) < 4.78 is 1.89. The van der Waals surface area contributed by atoms with Crippen molar-refractivity contribution < 1.29 is 4.79 Å². The highest BCUT2D eigenvalue weighted by Crippen LogP contribution is 1.98. The van der Waals surface area contributed by atoms with Crippen LogP contribution in [0.15, 0.2) is 12.4 Å². The lowest BCUT2D eigenvalue weighted by molar-refractivity contribution is -0.121. The number of imidazole rings is 1. The molecule has 0 aliphatic carbocycles. The number of rotatable bonds is 6. The summed E-state index contributed by atoms with van der Waals surface area (Å²) in [5, 5.41) is 2.82. The third-order valence-electron chi connectivity index (χ3n) is 2.15. The Morgan fingerprint density at radius 1 is 1.60 bits per heavy atom. The molecule has 1 aromatic rings. The first-order valence-electron chi connectivity index (χ1n) is 5.03. The van der Waals surface area contributed by atoms with E-state index in [1.54, 1.807) is 6.20 Å². The van der Waals surface area contributed by atoms with Gasteiger partial charge in [-0.25, -0.2) is 4.98 Å². The molecule has 5 heteroatoms. The summed E-state index contributed by atoms with van der Waals surface area (Å²) >= 11 is 5.52. The van der Waals surface area contributed by atoms with Gasteiger partial charge in [-0.15, -0.1) is 11.6 Å². The first-order valence-corrected chi connectivity index (χ1v) is 5.56. The number of amides is 1. The van der Waals surface area contributed by atoms with Gasteiger partial charge in [0.15, 0.2) is 0 Å². The van der Waals surface area contributed by atoms with Crippen molar-refractivity contribution in [3.63, 3.8) is 0 Å². The number of carbonyl (C=O) groups is 1. The zero-order valence-corrected chi connectivity index (χ0v) is 9.63. The molecule has 0 radical (unpaired) electrons. The van der Waals surface area contributed by atoms with Gasteiger partial charge in [-0.3, -0.25) is 4.79 Å². The Bertz CT molecular complexity index is 311. The van der Waals surface area contributed by atoms with E-state index in [0.717, 1.165) is 18.7 Å². The van der Waals surface area contributed by atoms with E-state index < -0.39 is 0 Å². The highest BCUT2D eigenvalue weighted by atomic mass is 35.5. The lowest BCUT2D eigenvalue weighted by atomic mass is 10.2. The number of nitrogens with one attached hydrogen (secondary N) is 1. The molecule has 84 valence electrons. The van der Waals surface area contributed by atoms with E-state index in [2.05, 4.69) is 10.3 Å². The Morgan fingerprint density at radius 3 is 3.00 bits per heavy atom. The van der Waals surface area contributed by atoms with Crippen molar-refractivity contribution in [1.29, 1.82) is 0 Å². The van der Waals surface area contributed by atoms with Gasteiger partial charge in [0.25, 0.3) is 0 Å². The van der Waals surface area contributed by atoms with Crippen molar-refractivity contribution in [1.82, 2.24) is 14.9 Å². The smallest absolute Gasteiger partial charge is 0.220 e. The zero-order valence-electron chi connectivity index (χ0n) is 8.87. The van der Waals surface area contributed by atoms with Crippen molar-refractivity contribution in [2.24, 2.45) is 7.05 Å². The first kappa shape index (κ1) is 12.0. The van der Waals surface area contributed by atoms with Gasteiger partial charge in [-0.1, -0.05) is 0 Å². The predicted octanol–water partition coefficient (Wildman–Crippen LogP) is 1.45. The number of alkyl halides is 1. The van der Waals surface area contributed by atoms with Gasteiger partial charge < -0.3 is 9.88 Å². The molecule has 0 aromatic carbocycles. The maximum atomic E-state index is 11.3. The van der Waals surface area contributed by atoms with E-state index in [-0.39, 0.29) is 5.91 Å². The van der Waals surface area contributed by atoms with Crippen LogP contribution in [0.4, 0.5) is 0 Å². The third kappa shape index (κ3) is 4.34. The van der Waals surface area contributed by atoms with Gasteiger partial charge in [-0.2, -0.15) is 0 Å². The van der Waals surface area contributed by atoms with Gasteiger partial charge in [0, 0.05) is 31.7 Å². The Kier molecular flexibility index (Phi) is 5.18. The van der Waals surface area contributed by atoms with E-state index in [1.165, 1.54) is 0 Å². The summed E-state index contributed by atoms with van der Waals surface area (Å²) in [7, 11) is 1.90. The number of nitrogens with zero attached hydrogens (tertiary/aromatic N) is 2. The van der Waals surface area contributed by atoms with Gasteiger partial charge in [0.1, 0.15) is 5.82 Å². The van der Waals surface area contributed by atoms with Crippen LogP contribution in [0.1, 0.15) is 25.1 Å². The van der Waals surface area contributed by atoms with E-state index in [0.29, 0.717) is 18.8 Å². The third-order valence-corrected chi connectivity index (χ3v) is 2.42. The fourth-order valence-electron chi connectivity index (χ4n) is 1.21. The molecule has 0 aliphatic heterocycles. The molecule has 0 atom stereocenters. The lowest BCUT2D eigenvalue weighted by Gasteiger charge is -2.04. The van der Waals surface area contributed by atoms with Gasteiger partial charge >= 0.3 is 0 Å². The topological polar surface area (TPSA) is 46.9 Å². The van der Waals surface area contributed by atoms with E-state index >= 15 is 0 Å². The van der Waals surface area contributed by atoms with Crippen LogP contribution in [0.2, 0.25) is 0 Å². The van der Waals surface area contributed by atoms with Crippen LogP contribution in [-0.2, 0) is 18.4 Å². The summed E-state index contributed by atoms with van der Waals surface area (Å²) in [6.45, 7) is 0.489. The highest BCUT2D eigenvalue weighted by Gasteiger charge is 2.03. The molecule has 0 fully saturated rings. The van der Waals surface area contributed by atoms with Gasteiger partial charge in [-0.05, 0) is 12.8 Å². The van der Waals surface area contributed by atoms with Crippen LogP contribution < -0.4 is 5.32 Å². The highest BCUT2D eigenvalue weighted by molar-refractivity contribution is 6.17. The maximum absolute atomic E-state index is 11.3. The summed E-state index contributed by atoms with van der Waals surface area (Å²) in [5.74, 6) is 1.54. The molecule has 0 saturated heterocycles. The number of unbranched alkanes of at least 4 members (excludes halogenated alkanes) is 1. The minimum atomic E-state index is 0.0584. The Balaban J connectivity index is 2.20. The minimum Gasteiger partial charge on any atom is -0.349 e. The van der Waals surface area contributed by atoms with Gasteiger partial charge in [0.2, 0.25) is 5.91 Å². The molecule has 1 aromatic heterocycles. The van der Waals surface area contributed by atoms with Gasteiger partial charge in [0.05, 0.1) is 6.54 Å². The average Bonchev–Trinajstić information content (AvgIpc) is 2.61. The minimum absolute atomic E-state index is 0.0584. The number of aromatic nitrogens is 2. The summed E-state index contributed by atoms with van der Waals surface area (Å²) in [6, 6.07) is 0. The molecule has 1 heterocycles. The Labute approximate surface area is 94.6 Å². The number of carbonyl (C=O) groups excluding carboxylic acids is 1. The second-order valence-corrected chi connectivity index (χ2v) is 3.76. The fraction of sp³-hybridized carbons (Fsp3) is 0.600. The number of hydrogen-bond acceptors (Lipinski definition) is 2. The van der Waals surface area contributed by atoms with E-state index in [4.69, 9.17) is 11.6 Å². The molecular weight excluding hydrogens is 214 g/mol. The van der Waals surface area contributed by atoms with Crippen molar-refractivity contribution in [2.75, 3.05) is 5.88 Å². The van der Waals surface area contributed by atoms with Crippen LogP contribution in [0.5, 0.6) is 0 Å². The van der Waals surface area contributed by atoms with Crippen molar-refractivity contribution in [2.45, 2.75) is 25.8 Å². The van der Waals surface area contributed by atoms with Crippen LogP contribution in [0.3, 0.4) is 0 Å². The van der Waals surface area contributed by atoms with Crippen LogP contribution in [0.25, 0.3) is 0 Å². The standard InChI is InChI=1S/C10H16ClN3O/c1-14-7-6-12-9(14)8-13-10(15)4-2-3-5-11/h6-7H,2-5,8H2,1H3,(H,13,15). The quantitative estimate of drug-likeness (QED) is 0.593. The molecule has 0 bridgehead atoms. The molecule has 1 N–H and O–H groups in total. The Hall–Kier alpha value is -1.03. The first-order chi connectivity index (χ1) is 7.24. The molecule has 1 amide bonds. The second kappa shape index (κ2) is 6.45. The average molecular weight is 230 g/mol. The normalized spacial score (nSPS) is 10.3. The molecule has 15 heavy (non-hydrogen) atoms. The zero-order chi connectivity index (χ0) is 11.1. The Morgan fingerprint density at radius 2 is 2.40 bits per heavy atom. The molecule has 1 rings (SSSR count). The largest absolute Gasteiger partial charge is 0.349 e. The maximum Gasteiger partial charge on any atom is 0.220 e. The van der Waals surface area contributed by atoms with E-state index in [9.17, 15) is 4.79 Å². The van der Waals surface area contributed by atoms with Crippen molar-refractivity contribution >= 4 is 17.5 Å². The number of aryl methyl sites for hydroxylation is 1. The summed E-state index contributed by atoms with van der Waals surface area (Å²) in [6.07, 6.45) is 5.84. The van der Waals surface area contributed by atoms with Crippen LogP contribution in [-0.4, -0.2) is 21.3 Å². The lowest BCUT2D eigenvalue weighted by Crippen LogP contribution is -2.23. The molecule has 0 spiro atoms. The molecule has 0 aliphatic rings. The van der Waals surface area contributed by atoms with Crippen molar-refractivity contribution in [3.8, 4) is 0 Å². The number of halogens is 1. The second-order valence-electron chi connectivity index (χ2n) is 3.38. The number of hydrogen-bond donors (Lipinski definition) is 1. The van der Waals surface area contributed by atoms with E-state index in [1.807, 2.05) is 17.8 Å². The van der Waals surface area contributed by atoms with Crippen molar-refractivity contribution in [3.05, 3.63) is 18.2 Å². The SMILES string of the molecule is Cn1ccnc1CNC(=O)CCCCCl. The van der Waals surface area contributed by atoms with Crippen LogP contribution >= 0.6 is 11.6 Å².